The summed E-state index contributed by atoms with van der Waals surface area (Å²) in [6.45, 7) is 2.07. The molecule has 0 spiro atoms. The molecule has 33 heavy (non-hydrogen) atoms. The molecule has 3 N–H and O–H groups in total. The van der Waals surface area contributed by atoms with Crippen molar-refractivity contribution >= 4 is 6.29 Å². The monoisotopic (exact) mass is 479 g/mol. The average Bonchev–Trinajstić information content (AvgIpc) is 2.73. The Labute approximate surface area is 192 Å². The normalized spacial score (nSPS) is 16.8. The van der Waals surface area contributed by atoms with Crippen molar-refractivity contribution in [2.75, 3.05) is 0 Å². The van der Waals surface area contributed by atoms with Crippen LogP contribution in [0.1, 0.15) is 84.0 Å². The molecule has 0 aromatic rings. The zero-order valence-corrected chi connectivity index (χ0v) is 19.1. The molecule has 0 fully saturated rings. The Kier molecular flexibility index (Phi) is 16.1. The van der Waals surface area contributed by atoms with Gasteiger partial charge in [-0.1, -0.05) is 45.4 Å². The van der Waals surface area contributed by atoms with Crippen molar-refractivity contribution in [2.24, 2.45) is 0 Å². The van der Waals surface area contributed by atoms with E-state index in [1.807, 2.05) is 0 Å². The Morgan fingerprint density at radius 3 is 1.58 bits per heavy atom. The highest BCUT2D eigenvalue weighted by molar-refractivity contribution is 5.48. The Bertz CT molecular complexity index is 607. The van der Waals surface area contributed by atoms with E-state index in [2.05, 4.69) is 6.92 Å². The fourth-order valence-electron chi connectivity index (χ4n) is 3.73. The zero-order chi connectivity index (χ0) is 25.4. The maximum Gasteiger partial charge on any atom is 0.245 e. The molecule has 0 saturated carbocycles. The largest absolute Gasteiger partial charge is 0.386 e. The van der Waals surface area contributed by atoms with Crippen LogP contribution in [0, 0.1) is 30.3 Å². The highest BCUT2D eigenvalue weighted by Crippen LogP contribution is 2.21. The van der Waals surface area contributed by atoms with Crippen LogP contribution in [-0.2, 0) is 4.79 Å². The third-order valence-electron chi connectivity index (χ3n) is 5.79. The number of nitrogens with zero attached hydrogens (tertiary/aromatic N) is 3. The predicted molar refractivity (Wildman–Crippen MR) is 118 cm³/mol. The van der Waals surface area contributed by atoms with Crippen molar-refractivity contribution in [2.45, 2.75) is 120 Å². The van der Waals surface area contributed by atoms with Crippen molar-refractivity contribution < 1.29 is 34.9 Å². The first-order chi connectivity index (χ1) is 15.6. The van der Waals surface area contributed by atoms with Crippen molar-refractivity contribution in [3.63, 3.8) is 0 Å². The fourth-order valence-corrected chi connectivity index (χ4v) is 3.73. The fraction of sp³-hybridized carbons (Fsp3) is 0.950. The Hall–Kier alpha value is -2.25. The number of aldehydes is 1. The molecular weight excluding hydrogens is 442 g/mol. The highest BCUT2D eigenvalue weighted by Gasteiger charge is 2.44. The van der Waals surface area contributed by atoms with Crippen LogP contribution in [0.15, 0.2) is 0 Å². The van der Waals surface area contributed by atoms with Crippen LogP contribution in [0.3, 0.4) is 0 Å². The lowest BCUT2D eigenvalue weighted by Crippen LogP contribution is -2.46. The van der Waals surface area contributed by atoms with E-state index in [9.17, 15) is 50.5 Å². The van der Waals surface area contributed by atoms with E-state index < -0.39 is 64.0 Å². The SMILES string of the molecule is CCCCCCCCC(O)C(CC(O)C(CC(C(O)CCCC=O)[N+](=O)[O-])[N+](=O)[O-])[N+](=O)[O-]. The van der Waals surface area contributed by atoms with Crippen molar-refractivity contribution in [1.82, 2.24) is 0 Å². The molecule has 0 rings (SSSR count). The standard InChI is InChI=1S/C20H37N3O10/c1-2-3-4-5-6-7-10-19(26)17(23(32)33)14-20(27)16(22(30)31)13-15(21(28)29)18(25)11-8-9-12-24/h12,15-20,25-27H,2-11,13-14H2,1H3. The number of carbonyl (C=O) groups excluding carboxylic acids is 1. The first-order valence-electron chi connectivity index (χ1n) is 11.4. The van der Waals surface area contributed by atoms with E-state index in [4.69, 9.17) is 0 Å². The third-order valence-corrected chi connectivity index (χ3v) is 5.79. The number of aliphatic hydroxyl groups excluding tert-OH is 3. The maximum atomic E-state index is 11.5. The van der Waals surface area contributed by atoms with Gasteiger partial charge in [0.25, 0.3) is 0 Å². The summed E-state index contributed by atoms with van der Waals surface area (Å²) in [5.74, 6) is 0. The van der Waals surface area contributed by atoms with Gasteiger partial charge in [0.1, 0.15) is 24.6 Å². The van der Waals surface area contributed by atoms with E-state index in [0.29, 0.717) is 12.7 Å². The van der Waals surface area contributed by atoms with Crippen LogP contribution in [0.4, 0.5) is 0 Å². The minimum atomic E-state index is -1.94. The van der Waals surface area contributed by atoms with E-state index in [1.54, 1.807) is 0 Å². The smallest absolute Gasteiger partial charge is 0.245 e. The molecule has 0 heterocycles. The third kappa shape index (κ3) is 12.5. The first-order valence-corrected chi connectivity index (χ1v) is 11.4. The van der Waals surface area contributed by atoms with Gasteiger partial charge in [-0.25, -0.2) is 0 Å². The van der Waals surface area contributed by atoms with Crippen molar-refractivity contribution in [1.29, 1.82) is 0 Å². The topological polar surface area (TPSA) is 207 Å². The molecule has 6 atom stereocenters. The zero-order valence-electron chi connectivity index (χ0n) is 19.1. The van der Waals surface area contributed by atoms with Gasteiger partial charge in [0.05, 0.1) is 12.8 Å². The maximum absolute atomic E-state index is 11.5. The lowest BCUT2D eigenvalue weighted by atomic mass is 9.91. The number of aliphatic hydroxyl groups is 3. The van der Waals surface area contributed by atoms with Gasteiger partial charge in [-0.15, -0.1) is 0 Å². The number of unbranched alkanes of at least 4 members (excludes halogenated alkanes) is 6. The summed E-state index contributed by atoms with van der Waals surface area (Å²) in [5.41, 5.74) is 0. The molecule has 0 aliphatic carbocycles. The number of hydrogen-bond donors (Lipinski definition) is 3. The Morgan fingerprint density at radius 2 is 1.09 bits per heavy atom. The Balaban J connectivity index is 5.09. The first kappa shape index (κ1) is 30.8. The summed E-state index contributed by atoms with van der Waals surface area (Å²) in [7, 11) is 0. The number of carbonyl (C=O) groups is 1. The average molecular weight is 480 g/mol. The highest BCUT2D eigenvalue weighted by atomic mass is 16.6. The number of rotatable bonds is 21. The minimum absolute atomic E-state index is 0.0593. The van der Waals surface area contributed by atoms with Gasteiger partial charge in [0, 0.05) is 21.2 Å². The van der Waals surface area contributed by atoms with Crippen LogP contribution >= 0.6 is 0 Å². The van der Waals surface area contributed by atoms with Crippen LogP contribution in [0.2, 0.25) is 0 Å². The second kappa shape index (κ2) is 17.3. The molecule has 0 radical (unpaired) electrons. The van der Waals surface area contributed by atoms with E-state index >= 15 is 0 Å². The van der Waals surface area contributed by atoms with Gasteiger partial charge >= 0.3 is 0 Å². The van der Waals surface area contributed by atoms with Crippen LogP contribution in [0.25, 0.3) is 0 Å². The predicted octanol–water partition coefficient (Wildman–Crippen LogP) is 1.90. The van der Waals surface area contributed by atoms with Crippen LogP contribution in [-0.4, -0.2) is 72.8 Å². The van der Waals surface area contributed by atoms with Crippen LogP contribution in [0.5, 0.6) is 0 Å². The minimum Gasteiger partial charge on any atom is -0.386 e. The van der Waals surface area contributed by atoms with Gasteiger partial charge < -0.3 is 20.1 Å². The van der Waals surface area contributed by atoms with Crippen molar-refractivity contribution in [3.05, 3.63) is 30.3 Å². The molecule has 6 unspecified atom stereocenters. The molecule has 0 aromatic carbocycles. The van der Waals surface area contributed by atoms with Gasteiger partial charge in [-0.05, 0) is 19.3 Å². The van der Waals surface area contributed by atoms with Crippen LogP contribution < -0.4 is 0 Å². The summed E-state index contributed by atoms with van der Waals surface area (Å²) in [6.07, 6.45) is -0.409. The summed E-state index contributed by atoms with van der Waals surface area (Å²) in [5, 5.41) is 64.8. The second-order valence-corrected chi connectivity index (χ2v) is 8.39. The van der Waals surface area contributed by atoms with Gasteiger partial charge in [0.2, 0.25) is 18.1 Å². The number of nitro groups is 3. The second-order valence-electron chi connectivity index (χ2n) is 8.39. The molecule has 13 heteroatoms. The molecule has 0 aliphatic rings. The molecule has 192 valence electrons. The summed E-state index contributed by atoms with van der Waals surface area (Å²) in [4.78, 5) is 41.9. The lowest BCUT2D eigenvalue weighted by molar-refractivity contribution is -0.578. The number of hydrogen-bond acceptors (Lipinski definition) is 10. The lowest BCUT2D eigenvalue weighted by Gasteiger charge is -2.23. The van der Waals surface area contributed by atoms with E-state index in [-0.39, 0.29) is 25.7 Å². The van der Waals surface area contributed by atoms with Crippen molar-refractivity contribution in [3.8, 4) is 0 Å². The molecule has 13 nitrogen and oxygen atoms in total. The molecule has 0 amide bonds. The summed E-state index contributed by atoms with van der Waals surface area (Å²) in [6, 6.07) is -5.39. The van der Waals surface area contributed by atoms with Gasteiger partial charge in [-0.3, -0.25) is 30.3 Å². The molecule has 0 aromatic heterocycles. The van der Waals surface area contributed by atoms with E-state index in [0.717, 1.165) is 32.1 Å². The Morgan fingerprint density at radius 1 is 0.667 bits per heavy atom. The molecule has 0 saturated heterocycles. The van der Waals surface area contributed by atoms with E-state index in [1.165, 1.54) is 0 Å². The quantitative estimate of drug-likeness (QED) is 0.0942. The molecule has 0 bridgehead atoms. The van der Waals surface area contributed by atoms with Gasteiger partial charge in [-0.2, -0.15) is 0 Å². The summed E-state index contributed by atoms with van der Waals surface area (Å²) < 4.78 is 0. The van der Waals surface area contributed by atoms with Gasteiger partial charge in [0.15, 0.2) is 0 Å². The molecule has 0 aliphatic heterocycles. The molecular formula is C20H37N3O10. The summed E-state index contributed by atoms with van der Waals surface area (Å²) >= 11 is 0.